The molecule has 0 atom stereocenters. The van der Waals surface area contributed by atoms with Crippen molar-refractivity contribution in [1.29, 1.82) is 0 Å². The predicted molar refractivity (Wildman–Crippen MR) is 98.1 cm³/mol. The predicted octanol–water partition coefficient (Wildman–Crippen LogP) is 3.30. The van der Waals surface area contributed by atoms with Gasteiger partial charge in [-0.2, -0.15) is 0 Å². The van der Waals surface area contributed by atoms with E-state index in [4.69, 9.17) is 9.47 Å². The Hall–Kier alpha value is -1.99. The van der Waals surface area contributed by atoms with Gasteiger partial charge in [0.05, 0.1) is 26.3 Å². The second-order valence-corrected chi connectivity index (χ2v) is 6.96. The molecular formula is C17H20N2O3S2. The zero-order valence-corrected chi connectivity index (χ0v) is 15.3. The summed E-state index contributed by atoms with van der Waals surface area (Å²) in [6.45, 7) is 4.05. The van der Waals surface area contributed by atoms with Crippen molar-refractivity contribution in [2.24, 2.45) is 0 Å². The molecule has 1 heterocycles. The minimum absolute atomic E-state index is 0.0470. The molecule has 128 valence electrons. The molecule has 0 spiro atoms. The first-order valence-corrected chi connectivity index (χ1v) is 9.18. The average molecular weight is 364 g/mol. The number of thioether (sulfide) groups is 1. The van der Waals surface area contributed by atoms with E-state index < -0.39 is 0 Å². The van der Waals surface area contributed by atoms with Crippen LogP contribution in [-0.4, -0.2) is 31.7 Å². The van der Waals surface area contributed by atoms with E-state index in [-0.39, 0.29) is 12.3 Å². The van der Waals surface area contributed by atoms with Crippen LogP contribution in [0.15, 0.2) is 40.6 Å². The van der Waals surface area contributed by atoms with Crippen LogP contribution in [0.25, 0.3) is 0 Å². The number of rotatable bonds is 9. The first-order chi connectivity index (χ1) is 11.6. The summed E-state index contributed by atoms with van der Waals surface area (Å²) >= 11 is 3.17. The van der Waals surface area contributed by atoms with E-state index >= 15 is 0 Å². The molecule has 1 N–H and O–H groups in total. The van der Waals surface area contributed by atoms with E-state index in [1.807, 2.05) is 23.6 Å². The summed E-state index contributed by atoms with van der Waals surface area (Å²) in [5.74, 6) is 2.24. The number of amides is 1. The molecule has 5 nitrogen and oxygen atoms in total. The lowest BCUT2D eigenvalue weighted by atomic mass is 10.2. The molecule has 2 aromatic rings. The maximum atomic E-state index is 11.7. The van der Waals surface area contributed by atoms with Crippen molar-refractivity contribution in [3.8, 4) is 11.5 Å². The van der Waals surface area contributed by atoms with Gasteiger partial charge < -0.3 is 14.8 Å². The minimum Gasteiger partial charge on any atom is -0.497 e. The maximum absolute atomic E-state index is 11.7. The number of methoxy groups -OCH3 is 2. The summed E-state index contributed by atoms with van der Waals surface area (Å²) in [7, 11) is 3.27. The van der Waals surface area contributed by atoms with E-state index in [0.717, 1.165) is 32.8 Å². The van der Waals surface area contributed by atoms with Crippen molar-refractivity contribution >= 4 is 29.0 Å². The molecule has 0 radical (unpaired) electrons. The molecule has 1 aromatic carbocycles. The Morgan fingerprint density at radius 1 is 1.33 bits per heavy atom. The molecule has 1 amide bonds. The molecule has 0 aliphatic carbocycles. The van der Waals surface area contributed by atoms with Crippen molar-refractivity contribution in [2.75, 3.05) is 20.8 Å². The molecule has 7 heteroatoms. The smallest absolute Gasteiger partial charge is 0.226 e. The highest BCUT2D eigenvalue weighted by molar-refractivity contribution is 8.00. The van der Waals surface area contributed by atoms with Crippen molar-refractivity contribution in [3.63, 3.8) is 0 Å². The van der Waals surface area contributed by atoms with Crippen LogP contribution in [-0.2, 0) is 17.0 Å². The molecular weight excluding hydrogens is 344 g/mol. The van der Waals surface area contributed by atoms with Crippen LogP contribution >= 0.6 is 23.1 Å². The van der Waals surface area contributed by atoms with Gasteiger partial charge in [0.25, 0.3) is 0 Å². The molecule has 0 saturated heterocycles. The van der Waals surface area contributed by atoms with Gasteiger partial charge in [0.15, 0.2) is 0 Å². The normalized spacial score (nSPS) is 10.2. The highest BCUT2D eigenvalue weighted by atomic mass is 32.2. The first kappa shape index (κ1) is 18.4. The molecule has 24 heavy (non-hydrogen) atoms. The fourth-order valence-electron chi connectivity index (χ4n) is 1.94. The summed E-state index contributed by atoms with van der Waals surface area (Å²) in [5, 5.41) is 4.66. The molecule has 0 fully saturated rings. The van der Waals surface area contributed by atoms with Gasteiger partial charge in [-0.15, -0.1) is 17.9 Å². The lowest BCUT2D eigenvalue weighted by Gasteiger charge is -2.07. The lowest BCUT2D eigenvalue weighted by molar-refractivity contribution is -0.120. The number of hydrogen-bond acceptors (Lipinski definition) is 6. The van der Waals surface area contributed by atoms with Crippen LogP contribution in [0.1, 0.15) is 11.3 Å². The number of nitrogens with zero attached hydrogens (tertiary/aromatic N) is 1. The van der Waals surface area contributed by atoms with E-state index in [1.165, 1.54) is 0 Å². The molecule has 2 rings (SSSR count). The SMILES string of the molecule is C=CCNC(=O)Cc1csc(SCc2cc(OC)cc(OC)c2)n1. The summed E-state index contributed by atoms with van der Waals surface area (Å²) in [6.07, 6.45) is 1.94. The van der Waals surface area contributed by atoms with Crippen molar-refractivity contribution in [3.05, 3.63) is 47.5 Å². The van der Waals surface area contributed by atoms with E-state index in [2.05, 4.69) is 16.9 Å². The van der Waals surface area contributed by atoms with Gasteiger partial charge in [0, 0.05) is 23.7 Å². The topological polar surface area (TPSA) is 60.5 Å². The van der Waals surface area contributed by atoms with Crippen LogP contribution in [0.2, 0.25) is 0 Å². The highest BCUT2D eigenvalue weighted by Crippen LogP contribution is 2.30. The largest absolute Gasteiger partial charge is 0.497 e. The Balaban J connectivity index is 1.93. The molecule has 0 bridgehead atoms. The van der Waals surface area contributed by atoms with Gasteiger partial charge >= 0.3 is 0 Å². The van der Waals surface area contributed by atoms with Crippen LogP contribution in [0.4, 0.5) is 0 Å². The number of benzene rings is 1. The lowest BCUT2D eigenvalue weighted by Crippen LogP contribution is -2.25. The number of carbonyl (C=O) groups is 1. The molecule has 0 aliphatic heterocycles. The van der Waals surface area contributed by atoms with Crippen LogP contribution in [0, 0.1) is 0 Å². The summed E-state index contributed by atoms with van der Waals surface area (Å²) < 4.78 is 11.5. The third-order valence-corrected chi connectivity index (χ3v) is 5.23. The number of ether oxygens (including phenoxy) is 2. The second kappa shape index (κ2) is 9.34. The standard InChI is InChI=1S/C17H20N2O3S2/c1-4-5-18-16(20)8-13-11-24-17(19-13)23-10-12-6-14(21-2)9-15(7-12)22-3/h4,6-7,9,11H,1,5,8,10H2,2-3H3,(H,18,20). The Morgan fingerprint density at radius 3 is 2.67 bits per heavy atom. The Bertz CT molecular complexity index is 679. The zero-order valence-electron chi connectivity index (χ0n) is 13.7. The van der Waals surface area contributed by atoms with Gasteiger partial charge in [0.2, 0.25) is 5.91 Å². The number of carbonyl (C=O) groups excluding carboxylic acids is 1. The van der Waals surface area contributed by atoms with Crippen molar-refractivity contribution in [2.45, 2.75) is 16.5 Å². The quantitative estimate of drug-likeness (QED) is 0.546. The fourth-order valence-corrected chi connectivity index (χ4v) is 3.72. The average Bonchev–Trinajstić information content (AvgIpc) is 3.05. The van der Waals surface area contributed by atoms with Crippen molar-refractivity contribution < 1.29 is 14.3 Å². The highest BCUT2D eigenvalue weighted by Gasteiger charge is 2.09. The van der Waals surface area contributed by atoms with Gasteiger partial charge in [-0.3, -0.25) is 4.79 Å². The van der Waals surface area contributed by atoms with Gasteiger partial charge in [-0.1, -0.05) is 17.8 Å². The third-order valence-electron chi connectivity index (χ3n) is 3.09. The fraction of sp³-hybridized carbons (Fsp3) is 0.294. The monoisotopic (exact) mass is 364 g/mol. The number of thiazole rings is 1. The summed E-state index contributed by atoms with van der Waals surface area (Å²) in [4.78, 5) is 16.2. The Morgan fingerprint density at radius 2 is 2.04 bits per heavy atom. The van der Waals surface area contributed by atoms with Gasteiger partial charge in [-0.05, 0) is 17.7 Å². The number of aromatic nitrogens is 1. The zero-order chi connectivity index (χ0) is 17.4. The molecule has 0 aliphatic rings. The van der Waals surface area contributed by atoms with Gasteiger partial charge in [-0.25, -0.2) is 4.98 Å². The number of hydrogen-bond donors (Lipinski definition) is 1. The Labute approximate surface area is 150 Å². The van der Waals surface area contributed by atoms with E-state index in [0.29, 0.717) is 6.54 Å². The molecule has 0 unspecified atom stereocenters. The van der Waals surface area contributed by atoms with E-state index in [9.17, 15) is 4.79 Å². The maximum Gasteiger partial charge on any atom is 0.226 e. The molecule has 1 aromatic heterocycles. The second-order valence-electron chi connectivity index (χ2n) is 4.88. The van der Waals surface area contributed by atoms with E-state index in [1.54, 1.807) is 43.4 Å². The van der Waals surface area contributed by atoms with Crippen LogP contribution in [0.3, 0.4) is 0 Å². The van der Waals surface area contributed by atoms with Crippen molar-refractivity contribution in [1.82, 2.24) is 10.3 Å². The van der Waals surface area contributed by atoms with Gasteiger partial charge in [0.1, 0.15) is 15.8 Å². The third kappa shape index (κ3) is 5.58. The minimum atomic E-state index is -0.0470. The van der Waals surface area contributed by atoms with Crippen LogP contribution in [0.5, 0.6) is 11.5 Å². The summed E-state index contributed by atoms with van der Waals surface area (Å²) in [6, 6.07) is 5.80. The molecule has 0 saturated carbocycles. The Kier molecular flexibility index (Phi) is 7.14. The first-order valence-electron chi connectivity index (χ1n) is 7.31. The summed E-state index contributed by atoms with van der Waals surface area (Å²) in [5.41, 5.74) is 1.88. The number of nitrogens with one attached hydrogen (secondary N) is 1. The van der Waals surface area contributed by atoms with Crippen LogP contribution < -0.4 is 14.8 Å².